The second-order valence-corrected chi connectivity index (χ2v) is 3.45. The summed E-state index contributed by atoms with van der Waals surface area (Å²) in [6.07, 6.45) is 0.290. The maximum absolute atomic E-state index is 13.0. The topological polar surface area (TPSA) is 0 Å². The van der Waals surface area contributed by atoms with Crippen LogP contribution in [0.5, 0.6) is 0 Å². The third kappa shape index (κ3) is 2.47. The molecule has 3 heteroatoms. The minimum absolute atomic E-state index is 0.0311. The average molecular weight is 188 g/mol. The molecular formula is C10H11F3. The van der Waals surface area contributed by atoms with Crippen LogP contribution in [0.4, 0.5) is 13.2 Å². The second-order valence-electron chi connectivity index (χ2n) is 3.45. The standard InChI is InChI=1S/C10H11F3/c1-6(2)3-8-9(12)4-7(11)5-10(8)13/h4-6H,3H2,1-2H3. The summed E-state index contributed by atoms with van der Waals surface area (Å²) in [6, 6.07) is 1.42. The molecule has 0 spiro atoms. The first kappa shape index (κ1) is 10.1. The molecule has 0 aromatic heterocycles. The minimum atomic E-state index is -0.873. The largest absolute Gasteiger partial charge is 0.207 e. The first-order chi connectivity index (χ1) is 6.00. The lowest BCUT2D eigenvalue weighted by molar-refractivity contribution is 0.503. The maximum atomic E-state index is 13.0. The van der Waals surface area contributed by atoms with Crippen LogP contribution in [0.25, 0.3) is 0 Å². The second kappa shape index (κ2) is 3.81. The summed E-state index contributed by atoms with van der Waals surface area (Å²) in [5, 5.41) is 0. The summed E-state index contributed by atoms with van der Waals surface area (Å²) >= 11 is 0. The molecule has 0 unspecified atom stereocenters. The monoisotopic (exact) mass is 188 g/mol. The summed E-state index contributed by atoms with van der Waals surface area (Å²) in [5.74, 6) is -2.32. The number of halogens is 3. The van der Waals surface area contributed by atoms with Crippen LogP contribution in [-0.4, -0.2) is 0 Å². The molecule has 72 valence electrons. The van der Waals surface area contributed by atoms with Gasteiger partial charge in [-0.2, -0.15) is 0 Å². The predicted octanol–water partition coefficient (Wildman–Crippen LogP) is 3.30. The van der Waals surface area contributed by atoms with E-state index in [4.69, 9.17) is 0 Å². The summed E-state index contributed by atoms with van der Waals surface area (Å²) in [7, 11) is 0. The van der Waals surface area contributed by atoms with Gasteiger partial charge in [-0.15, -0.1) is 0 Å². The smallest absolute Gasteiger partial charge is 0.132 e. The first-order valence-corrected chi connectivity index (χ1v) is 4.14. The van der Waals surface area contributed by atoms with Gasteiger partial charge in [0.2, 0.25) is 0 Å². The van der Waals surface area contributed by atoms with Gasteiger partial charge in [0.25, 0.3) is 0 Å². The van der Waals surface area contributed by atoms with E-state index < -0.39 is 17.5 Å². The third-order valence-electron chi connectivity index (χ3n) is 1.72. The molecule has 0 heterocycles. The van der Waals surface area contributed by atoms with Crippen LogP contribution in [-0.2, 0) is 6.42 Å². The summed E-state index contributed by atoms with van der Waals surface area (Å²) in [6.45, 7) is 3.70. The zero-order chi connectivity index (χ0) is 10.0. The van der Waals surface area contributed by atoms with E-state index in [-0.39, 0.29) is 17.9 Å². The Bertz CT molecular complexity index is 282. The minimum Gasteiger partial charge on any atom is -0.207 e. The molecule has 0 atom stereocenters. The van der Waals surface area contributed by atoms with Gasteiger partial charge in [-0.05, 0) is 12.3 Å². The number of hydrogen-bond acceptors (Lipinski definition) is 0. The lowest BCUT2D eigenvalue weighted by Crippen LogP contribution is -2.02. The quantitative estimate of drug-likeness (QED) is 0.668. The maximum Gasteiger partial charge on any atom is 0.132 e. The Kier molecular flexibility index (Phi) is 2.96. The first-order valence-electron chi connectivity index (χ1n) is 4.14. The van der Waals surface area contributed by atoms with Crippen molar-refractivity contribution in [3.8, 4) is 0 Å². The average Bonchev–Trinajstić information content (AvgIpc) is 1.96. The van der Waals surface area contributed by atoms with Gasteiger partial charge in [0.15, 0.2) is 0 Å². The Hall–Kier alpha value is -0.990. The highest BCUT2D eigenvalue weighted by Gasteiger charge is 2.12. The highest BCUT2D eigenvalue weighted by molar-refractivity contribution is 5.21. The molecule has 13 heavy (non-hydrogen) atoms. The zero-order valence-electron chi connectivity index (χ0n) is 7.57. The van der Waals surface area contributed by atoms with Gasteiger partial charge in [-0.25, -0.2) is 13.2 Å². The molecular weight excluding hydrogens is 177 g/mol. The highest BCUT2D eigenvalue weighted by atomic mass is 19.1. The molecule has 1 rings (SSSR count). The van der Waals surface area contributed by atoms with Crippen molar-refractivity contribution in [1.82, 2.24) is 0 Å². The van der Waals surface area contributed by atoms with Gasteiger partial charge in [0.1, 0.15) is 17.5 Å². The molecule has 0 aliphatic heterocycles. The van der Waals surface area contributed by atoms with Crippen LogP contribution in [0.1, 0.15) is 19.4 Å². The zero-order valence-corrected chi connectivity index (χ0v) is 7.57. The van der Waals surface area contributed by atoms with E-state index in [2.05, 4.69) is 0 Å². The molecule has 0 N–H and O–H groups in total. The van der Waals surface area contributed by atoms with Crippen LogP contribution in [0.15, 0.2) is 12.1 Å². The molecule has 0 saturated heterocycles. The van der Waals surface area contributed by atoms with Crippen LogP contribution in [0.3, 0.4) is 0 Å². The van der Waals surface area contributed by atoms with E-state index in [1.54, 1.807) is 0 Å². The molecule has 0 amide bonds. The summed E-state index contributed by atoms with van der Waals surface area (Å²) in [5.41, 5.74) is -0.0311. The van der Waals surface area contributed by atoms with Crippen molar-refractivity contribution in [2.24, 2.45) is 5.92 Å². The van der Waals surface area contributed by atoms with Crippen LogP contribution in [0.2, 0.25) is 0 Å². The number of rotatable bonds is 2. The van der Waals surface area contributed by atoms with Crippen molar-refractivity contribution in [1.29, 1.82) is 0 Å². The Balaban J connectivity index is 3.06. The van der Waals surface area contributed by atoms with Crippen molar-refractivity contribution in [2.45, 2.75) is 20.3 Å². The fourth-order valence-electron chi connectivity index (χ4n) is 1.18. The molecule has 0 aliphatic carbocycles. The Morgan fingerprint density at radius 3 is 1.92 bits per heavy atom. The van der Waals surface area contributed by atoms with Crippen LogP contribution >= 0.6 is 0 Å². The molecule has 0 fully saturated rings. The Morgan fingerprint density at radius 1 is 1.08 bits per heavy atom. The fourth-order valence-corrected chi connectivity index (χ4v) is 1.18. The molecule has 0 aliphatic rings. The normalized spacial score (nSPS) is 10.9. The molecule has 1 aromatic carbocycles. The molecule has 0 saturated carbocycles. The van der Waals surface area contributed by atoms with E-state index in [0.717, 1.165) is 0 Å². The Morgan fingerprint density at radius 2 is 1.54 bits per heavy atom. The fraction of sp³-hybridized carbons (Fsp3) is 0.400. The van der Waals surface area contributed by atoms with Gasteiger partial charge in [-0.1, -0.05) is 13.8 Å². The predicted molar refractivity (Wildman–Crippen MR) is 44.9 cm³/mol. The van der Waals surface area contributed by atoms with Gasteiger partial charge in [-0.3, -0.25) is 0 Å². The summed E-state index contributed by atoms with van der Waals surface area (Å²) < 4.78 is 38.4. The SMILES string of the molecule is CC(C)Cc1c(F)cc(F)cc1F. The summed E-state index contributed by atoms with van der Waals surface area (Å²) in [4.78, 5) is 0. The molecule has 0 radical (unpaired) electrons. The number of hydrogen-bond donors (Lipinski definition) is 0. The van der Waals surface area contributed by atoms with E-state index in [9.17, 15) is 13.2 Å². The molecule has 0 bridgehead atoms. The van der Waals surface area contributed by atoms with Gasteiger partial charge in [0.05, 0.1) is 0 Å². The van der Waals surface area contributed by atoms with Crippen molar-refractivity contribution in [2.75, 3.05) is 0 Å². The van der Waals surface area contributed by atoms with Gasteiger partial charge >= 0.3 is 0 Å². The van der Waals surface area contributed by atoms with E-state index in [1.165, 1.54) is 0 Å². The van der Waals surface area contributed by atoms with Crippen molar-refractivity contribution in [3.05, 3.63) is 35.1 Å². The molecule has 0 nitrogen and oxygen atoms in total. The highest BCUT2D eigenvalue weighted by Crippen LogP contribution is 2.17. The lowest BCUT2D eigenvalue weighted by Gasteiger charge is -2.07. The van der Waals surface area contributed by atoms with Crippen molar-refractivity contribution >= 4 is 0 Å². The van der Waals surface area contributed by atoms with Crippen LogP contribution < -0.4 is 0 Å². The van der Waals surface area contributed by atoms with E-state index >= 15 is 0 Å². The number of benzene rings is 1. The van der Waals surface area contributed by atoms with E-state index in [0.29, 0.717) is 12.1 Å². The van der Waals surface area contributed by atoms with Gasteiger partial charge in [0, 0.05) is 17.7 Å². The van der Waals surface area contributed by atoms with Crippen LogP contribution in [0, 0.1) is 23.4 Å². The van der Waals surface area contributed by atoms with E-state index in [1.807, 2.05) is 13.8 Å². The van der Waals surface area contributed by atoms with Crippen molar-refractivity contribution < 1.29 is 13.2 Å². The third-order valence-corrected chi connectivity index (χ3v) is 1.72. The Labute approximate surface area is 75.4 Å². The van der Waals surface area contributed by atoms with Gasteiger partial charge < -0.3 is 0 Å². The van der Waals surface area contributed by atoms with Crippen molar-refractivity contribution in [3.63, 3.8) is 0 Å². The lowest BCUT2D eigenvalue weighted by atomic mass is 10.0. The molecule has 1 aromatic rings.